The zero-order valence-electron chi connectivity index (χ0n) is 10.7. The van der Waals surface area contributed by atoms with Crippen LogP contribution in [0.2, 0.25) is 0 Å². The molecule has 17 heavy (non-hydrogen) atoms. The maximum absolute atomic E-state index is 11.1. The second-order valence-electron chi connectivity index (χ2n) is 4.67. The fraction of sp³-hybridized carbons (Fsp3) is 0.267. The number of carbonyl (C=O) groups is 1. The van der Waals surface area contributed by atoms with Crippen LogP contribution in [0.25, 0.3) is 11.1 Å². The molecule has 2 heteroatoms. The molecule has 0 bridgehead atoms. The minimum atomic E-state index is 0.788. The number of fused-ring (bicyclic) bond motifs is 1. The van der Waals surface area contributed by atoms with Gasteiger partial charge in [0, 0.05) is 25.3 Å². The van der Waals surface area contributed by atoms with Gasteiger partial charge in [0.1, 0.15) is 0 Å². The van der Waals surface area contributed by atoms with E-state index in [4.69, 9.17) is 0 Å². The van der Waals surface area contributed by atoms with Gasteiger partial charge in [0.05, 0.1) is 0 Å². The monoisotopic (exact) mass is 227 g/mol. The highest BCUT2D eigenvalue weighted by Crippen LogP contribution is 2.35. The Kier molecular flexibility index (Phi) is 2.88. The van der Waals surface area contributed by atoms with Gasteiger partial charge in [-0.05, 0) is 54.3 Å². The van der Waals surface area contributed by atoms with Gasteiger partial charge >= 0.3 is 0 Å². The predicted octanol–water partition coefficient (Wildman–Crippen LogP) is 3.29. The molecule has 0 radical (unpaired) electrons. The van der Waals surface area contributed by atoms with Crippen LogP contribution >= 0.6 is 0 Å². The van der Waals surface area contributed by atoms with Crippen LogP contribution < -0.4 is 4.90 Å². The molecule has 0 atom stereocenters. The highest BCUT2D eigenvalue weighted by molar-refractivity contribution is 5.93. The molecule has 0 aliphatic heterocycles. The third-order valence-corrected chi connectivity index (χ3v) is 3.19. The number of aldehydes is 1. The number of carbonyl (C=O) groups excluding carboxylic acids is 1. The number of nitrogens with zero attached hydrogens (tertiary/aromatic N) is 1. The maximum atomic E-state index is 11.1. The average molecular weight is 227 g/mol. The highest BCUT2D eigenvalue weighted by Gasteiger charge is 2.15. The average Bonchev–Trinajstić information content (AvgIpc) is 2.48. The molecule has 0 aromatic rings. The number of anilines is 1. The van der Waals surface area contributed by atoms with Crippen molar-refractivity contribution in [3.8, 4) is 11.1 Å². The molecule has 0 saturated heterocycles. The van der Waals surface area contributed by atoms with Crippen molar-refractivity contribution in [3.05, 3.63) is 41.0 Å². The van der Waals surface area contributed by atoms with Gasteiger partial charge < -0.3 is 4.90 Å². The van der Waals surface area contributed by atoms with Crippen molar-refractivity contribution >= 4 is 12.0 Å². The van der Waals surface area contributed by atoms with E-state index >= 15 is 0 Å². The van der Waals surface area contributed by atoms with Crippen molar-refractivity contribution < 1.29 is 4.79 Å². The topological polar surface area (TPSA) is 20.3 Å². The van der Waals surface area contributed by atoms with E-state index in [1.54, 1.807) is 0 Å². The molecule has 0 saturated carbocycles. The van der Waals surface area contributed by atoms with Crippen molar-refractivity contribution in [1.82, 2.24) is 0 Å². The number of hydrogen-bond donors (Lipinski definition) is 0. The lowest BCUT2D eigenvalue weighted by Crippen LogP contribution is -2.07. The summed E-state index contributed by atoms with van der Waals surface area (Å²) in [5.74, 6) is 0. The second-order valence-corrected chi connectivity index (χ2v) is 4.67. The van der Waals surface area contributed by atoms with Gasteiger partial charge in [-0.3, -0.25) is 4.79 Å². The first-order valence-electron chi connectivity index (χ1n) is 5.71. The van der Waals surface area contributed by atoms with Crippen molar-refractivity contribution in [1.29, 1.82) is 0 Å². The third-order valence-electron chi connectivity index (χ3n) is 3.19. The minimum absolute atomic E-state index is 0.788. The molecule has 0 aromatic carbocycles. The summed E-state index contributed by atoms with van der Waals surface area (Å²) in [6, 6.07) is 8.27. The molecule has 2 aliphatic rings. The summed E-state index contributed by atoms with van der Waals surface area (Å²) < 4.78 is 0. The summed E-state index contributed by atoms with van der Waals surface area (Å²) >= 11 is 0. The molecule has 0 amide bonds. The Morgan fingerprint density at radius 2 is 1.76 bits per heavy atom. The second kappa shape index (κ2) is 4.21. The Labute approximate surface area is 102 Å². The van der Waals surface area contributed by atoms with Gasteiger partial charge in [-0.2, -0.15) is 0 Å². The fourth-order valence-corrected chi connectivity index (χ4v) is 2.22. The molecule has 0 unspecified atom stereocenters. The maximum Gasteiger partial charge on any atom is 0.150 e. The largest absolute Gasteiger partial charge is 0.378 e. The summed E-state index contributed by atoms with van der Waals surface area (Å²) in [4.78, 5) is 13.2. The Balaban J connectivity index is 2.79. The van der Waals surface area contributed by atoms with Crippen molar-refractivity contribution in [2.24, 2.45) is 0 Å². The van der Waals surface area contributed by atoms with Crippen LogP contribution in [0, 0.1) is 13.8 Å². The molecule has 0 heterocycles. The quantitative estimate of drug-likeness (QED) is 0.734. The fourth-order valence-electron chi connectivity index (χ4n) is 2.22. The van der Waals surface area contributed by atoms with Gasteiger partial charge in [-0.25, -0.2) is 0 Å². The SMILES string of the molecule is Cc1cc(C=O)c2c(C)ccc(N(C)C)cc1-2. The molecule has 2 rings (SSSR count). The molecule has 2 nitrogen and oxygen atoms in total. The van der Waals surface area contributed by atoms with Crippen LogP contribution in [-0.4, -0.2) is 20.4 Å². The van der Waals surface area contributed by atoms with E-state index < -0.39 is 0 Å². The molecule has 88 valence electrons. The normalized spacial score (nSPS) is 10.6. The molecule has 2 aliphatic carbocycles. The lowest BCUT2D eigenvalue weighted by atomic mass is 10.0. The summed E-state index contributed by atoms with van der Waals surface area (Å²) in [6.45, 7) is 4.10. The van der Waals surface area contributed by atoms with Gasteiger partial charge in [-0.15, -0.1) is 0 Å². The van der Waals surface area contributed by atoms with E-state index in [1.807, 2.05) is 34.0 Å². The van der Waals surface area contributed by atoms with E-state index in [0.29, 0.717) is 0 Å². The smallest absolute Gasteiger partial charge is 0.150 e. The first kappa shape index (κ1) is 11.6. The Bertz CT molecular complexity index is 543. The van der Waals surface area contributed by atoms with Gasteiger partial charge in [0.15, 0.2) is 6.29 Å². The van der Waals surface area contributed by atoms with Crippen LogP contribution in [0.5, 0.6) is 0 Å². The van der Waals surface area contributed by atoms with E-state index in [-0.39, 0.29) is 0 Å². The van der Waals surface area contributed by atoms with E-state index in [2.05, 4.69) is 23.1 Å². The summed E-state index contributed by atoms with van der Waals surface area (Å²) in [5, 5.41) is 0. The number of aryl methyl sites for hydroxylation is 2. The van der Waals surface area contributed by atoms with Crippen LogP contribution in [0.3, 0.4) is 0 Å². The third kappa shape index (κ3) is 1.91. The Hall–Kier alpha value is -1.83. The van der Waals surface area contributed by atoms with Crippen LogP contribution in [0.15, 0.2) is 24.3 Å². The molecule has 0 aromatic heterocycles. The standard InChI is InChI=1S/C15H17NO/c1-10-5-6-13(16(3)4)8-14-11(2)7-12(9-17)15(10)14/h5-9H,1-4H3. The lowest BCUT2D eigenvalue weighted by Gasteiger charge is -2.10. The summed E-state index contributed by atoms with van der Waals surface area (Å²) in [6.07, 6.45) is 0.942. The van der Waals surface area contributed by atoms with Gasteiger partial charge in [0.25, 0.3) is 0 Å². The lowest BCUT2D eigenvalue weighted by molar-refractivity contribution is 0.112. The van der Waals surface area contributed by atoms with Crippen molar-refractivity contribution in [2.75, 3.05) is 19.0 Å². The highest BCUT2D eigenvalue weighted by atomic mass is 16.1. The first-order valence-corrected chi connectivity index (χ1v) is 5.71. The summed E-state index contributed by atoms with van der Waals surface area (Å²) in [7, 11) is 4.05. The molecule has 0 fully saturated rings. The van der Waals surface area contributed by atoms with Crippen LogP contribution in [0.1, 0.15) is 21.5 Å². The van der Waals surface area contributed by atoms with Crippen molar-refractivity contribution in [2.45, 2.75) is 13.8 Å². The minimum Gasteiger partial charge on any atom is -0.378 e. The van der Waals surface area contributed by atoms with Gasteiger partial charge in [-0.1, -0.05) is 6.07 Å². The van der Waals surface area contributed by atoms with Crippen LogP contribution in [-0.2, 0) is 0 Å². The van der Waals surface area contributed by atoms with E-state index in [9.17, 15) is 4.79 Å². The Morgan fingerprint density at radius 3 is 2.35 bits per heavy atom. The predicted molar refractivity (Wildman–Crippen MR) is 72.3 cm³/mol. The van der Waals surface area contributed by atoms with Crippen molar-refractivity contribution in [3.63, 3.8) is 0 Å². The number of hydrogen-bond acceptors (Lipinski definition) is 2. The van der Waals surface area contributed by atoms with E-state index in [1.165, 1.54) is 5.56 Å². The van der Waals surface area contributed by atoms with E-state index in [0.717, 1.165) is 34.2 Å². The Morgan fingerprint density at radius 1 is 1.06 bits per heavy atom. The molecular formula is C15H17NO. The summed E-state index contributed by atoms with van der Waals surface area (Å²) in [5.41, 5.74) is 6.47. The zero-order valence-corrected chi connectivity index (χ0v) is 10.7. The van der Waals surface area contributed by atoms with Crippen LogP contribution in [0.4, 0.5) is 5.69 Å². The zero-order chi connectivity index (χ0) is 12.6. The first-order chi connectivity index (χ1) is 8.04. The molecular weight excluding hydrogens is 210 g/mol. The molecule has 0 N–H and O–H groups in total. The molecule has 0 spiro atoms. The van der Waals surface area contributed by atoms with Gasteiger partial charge in [0.2, 0.25) is 0 Å². The number of rotatable bonds is 2.